The quantitative estimate of drug-likeness (QED) is 0.831. The molecule has 0 aromatic heterocycles. The number of hydrogen-bond acceptors (Lipinski definition) is 3. The van der Waals surface area contributed by atoms with Crippen molar-refractivity contribution in [1.82, 2.24) is 9.80 Å². The molecule has 5 heteroatoms. The molecule has 0 aliphatic carbocycles. The van der Waals surface area contributed by atoms with E-state index in [1.807, 2.05) is 17.0 Å². The van der Waals surface area contributed by atoms with Gasteiger partial charge in [0.2, 0.25) is 0 Å². The van der Waals surface area contributed by atoms with E-state index >= 15 is 0 Å². The first-order valence-corrected chi connectivity index (χ1v) is 9.49. The highest BCUT2D eigenvalue weighted by Gasteiger charge is 2.33. The van der Waals surface area contributed by atoms with Crippen molar-refractivity contribution in [1.29, 1.82) is 0 Å². The minimum atomic E-state index is -0.411. The van der Waals surface area contributed by atoms with Gasteiger partial charge in [-0.15, -0.1) is 0 Å². The van der Waals surface area contributed by atoms with Gasteiger partial charge in [-0.2, -0.15) is 0 Å². The Morgan fingerprint density at radius 3 is 2.69 bits per heavy atom. The van der Waals surface area contributed by atoms with Crippen molar-refractivity contribution in [3.8, 4) is 5.75 Å². The van der Waals surface area contributed by atoms with E-state index in [4.69, 9.17) is 16.3 Å². The number of carbonyl (C=O) groups excluding carboxylic acids is 1. The monoisotopic (exact) mass is 370 g/mol. The molecule has 0 spiro atoms. The fourth-order valence-electron chi connectivity index (χ4n) is 3.71. The smallest absolute Gasteiger partial charge is 0.264 e. The van der Waals surface area contributed by atoms with Gasteiger partial charge in [-0.1, -0.05) is 35.9 Å². The van der Waals surface area contributed by atoms with E-state index in [0.29, 0.717) is 11.4 Å². The highest BCUT2D eigenvalue weighted by molar-refractivity contribution is 6.30. The van der Waals surface area contributed by atoms with Gasteiger partial charge in [0.1, 0.15) is 5.75 Å². The van der Waals surface area contributed by atoms with Crippen LogP contribution in [0.1, 0.15) is 16.7 Å². The number of halogens is 1. The lowest BCUT2D eigenvalue weighted by molar-refractivity contribution is -0.139. The molecule has 2 aliphatic rings. The maximum atomic E-state index is 12.8. The van der Waals surface area contributed by atoms with Gasteiger partial charge >= 0.3 is 0 Å². The van der Waals surface area contributed by atoms with Crippen molar-refractivity contribution >= 4 is 17.5 Å². The Kier molecular flexibility index (Phi) is 4.88. The number of nitrogens with zero attached hydrogens (tertiary/aromatic N) is 2. The van der Waals surface area contributed by atoms with Gasteiger partial charge in [0, 0.05) is 44.2 Å². The fourth-order valence-corrected chi connectivity index (χ4v) is 3.91. The first kappa shape index (κ1) is 17.4. The number of piperazine rings is 1. The van der Waals surface area contributed by atoms with Crippen molar-refractivity contribution in [3.63, 3.8) is 0 Å². The van der Waals surface area contributed by atoms with Crippen LogP contribution in [0.25, 0.3) is 0 Å². The maximum Gasteiger partial charge on any atom is 0.264 e. The van der Waals surface area contributed by atoms with Gasteiger partial charge in [0.05, 0.1) is 0 Å². The maximum absolute atomic E-state index is 12.8. The Bertz CT molecular complexity index is 815. The molecule has 0 N–H and O–H groups in total. The molecule has 136 valence electrons. The molecule has 0 saturated carbocycles. The second-order valence-electron chi connectivity index (χ2n) is 7.09. The van der Waals surface area contributed by atoms with Crippen LogP contribution in [-0.2, 0) is 17.8 Å². The van der Waals surface area contributed by atoms with Crippen LogP contribution in [0.5, 0.6) is 5.75 Å². The number of benzene rings is 2. The van der Waals surface area contributed by atoms with Crippen LogP contribution in [0.4, 0.5) is 0 Å². The topological polar surface area (TPSA) is 32.8 Å². The zero-order valence-corrected chi connectivity index (χ0v) is 15.7. The largest absolute Gasteiger partial charge is 0.480 e. The third-order valence-corrected chi connectivity index (χ3v) is 5.55. The third kappa shape index (κ3) is 3.57. The van der Waals surface area contributed by atoms with Crippen LogP contribution in [0.2, 0.25) is 5.02 Å². The van der Waals surface area contributed by atoms with Crippen LogP contribution < -0.4 is 4.74 Å². The number of hydrogen-bond donors (Lipinski definition) is 0. The van der Waals surface area contributed by atoms with Crippen molar-refractivity contribution in [3.05, 3.63) is 64.2 Å². The van der Waals surface area contributed by atoms with E-state index in [1.165, 1.54) is 11.1 Å². The molecule has 1 atom stereocenters. The van der Waals surface area contributed by atoms with E-state index in [-0.39, 0.29) is 5.91 Å². The van der Waals surface area contributed by atoms with Gasteiger partial charge < -0.3 is 9.64 Å². The molecule has 1 unspecified atom stereocenters. The molecular formula is C21H23ClN2O2. The normalized spacial score (nSPS) is 19.9. The lowest BCUT2D eigenvalue weighted by atomic mass is 10.1. The van der Waals surface area contributed by atoms with Crippen LogP contribution in [0, 0.1) is 6.92 Å². The van der Waals surface area contributed by atoms with E-state index in [2.05, 4.69) is 36.1 Å². The van der Waals surface area contributed by atoms with Gasteiger partial charge in [-0.05, 0) is 41.8 Å². The molecule has 0 radical (unpaired) electrons. The first-order chi connectivity index (χ1) is 12.6. The summed E-state index contributed by atoms with van der Waals surface area (Å²) in [7, 11) is 0. The van der Waals surface area contributed by atoms with E-state index in [1.54, 1.807) is 6.07 Å². The van der Waals surface area contributed by atoms with Crippen molar-refractivity contribution in [2.45, 2.75) is 26.0 Å². The molecule has 2 aromatic rings. The molecule has 4 rings (SSSR count). The summed E-state index contributed by atoms with van der Waals surface area (Å²) in [4.78, 5) is 17.2. The summed E-state index contributed by atoms with van der Waals surface area (Å²) in [6.07, 6.45) is 0.199. The summed E-state index contributed by atoms with van der Waals surface area (Å²) in [6.45, 7) is 6.38. The number of rotatable bonds is 3. The minimum absolute atomic E-state index is 0.0906. The average Bonchev–Trinajstić information content (AvgIpc) is 3.07. The Balaban J connectivity index is 1.32. The standard InChI is InChI=1S/C21H23ClN2O2/c1-15-4-2-3-5-16(15)14-23-8-10-24(11-9-23)21(25)20-13-17-12-18(22)6-7-19(17)26-20/h2-7,12,20H,8-11,13-14H2,1H3. The molecule has 1 fully saturated rings. The van der Waals surface area contributed by atoms with E-state index in [9.17, 15) is 4.79 Å². The van der Waals surface area contributed by atoms with Gasteiger partial charge in [0.25, 0.3) is 5.91 Å². The van der Waals surface area contributed by atoms with Crippen molar-refractivity contribution < 1.29 is 9.53 Å². The number of ether oxygens (including phenoxy) is 1. The predicted molar refractivity (Wildman–Crippen MR) is 103 cm³/mol. The Morgan fingerprint density at radius 1 is 1.15 bits per heavy atom. The van der Waals surface area contributed by atoms with E-state index < -0.39 is 6.10 Å². The van der Waals surface area contributed by atoms with Crippen LogP contribution in [0.15, 0.2) is 42.5 Å². The molecule has 2 aliphatic heterocycles. The molecule has 2 heterocycles. The summed E-state index contributed by atoms with van der Waals surface area (Å²) in [5.74, 6) is 0.874. The van der Waals surface area contributed by atoms with Crippen LogP contribution in [-0.4, -0.2) is 48.0 Å². The summed E-state index contributed by atoms with van der Waals surface area (Å²) in [6, 6.07) is 14.0. The van der Waals surface area contributed by atoms with Crippen LogP contribution in [0.3, 0.4) is 0 Å². The number of carbonyl (C=O) groups is 1. The summed E-state index contributed by atoms with van der Waals surface area (Å²) < 4.78 is 5.85. The van der Waals surface area contributed by atoms with Gasteiger partial charge in [-0.25, -0.2) is 0 Å². The first-order valence-electron chi connectivity index (χ1n) is 9.11. The van der Waals surface area contributed by atoms with Crippen molar-refractivity contribution in [2.24, 2.45) is 0 Å². The highest BCUT2D eigenvalue weighted by Crippen LogP contribution is 2.31. The molecular weight excluding hydrogens is 348 g/mol. The Morgan fingerprint density at radius 2 is 1.92 bits per heavy atom. The zero-order valence-electron chi connectivity index (χ0n) is 15.0. The number of fused-ring (bicyclic) bond motifs is 1. The molecule has 1 saturated heterocycles. The predicted octanol–water partition coefficient (Wildman–Crippen LogP) is 3.30. The lowest BCUT2D eigenvalue weighted by Crippen LogP contribution is -2.51. The van der Waals surface area contributed by atoms with Gasteiger partial charge in [0.15, 0.2) is 6.10 Å². The summed E-state index contributed by atoms with van der Waals surface area (Å²) >= 11 is 6.04. The van der Waals surface area contributed by atoms with Crippen molar-refractivity contribution in [2.75, 3.05) is 26.2 Å². The summed E-state index contributed by atoms with van der Waals surface area (Å²) in [5.41, 5.74) is 3.70. The number of amides is 1. The average molecular weight is 371 g/mol. The lowest BCUT2D eigenvalue weighted by Gasteiger charge is -2.35. The molecule has 2 aromatic carbocycles. The second kappa shape index (κ2) is 7.29. The zero-order chi connectivity index (χ0) is 18.1. The fraction of sp³-hybridized carbons (Fsp3) is 0.381. The molecule has 0 bridgehead atoms. The Labute approximate surface area is 159 Å². The highest BCUT2D eigenvalue weighted by atomic mass is 35.5. The molecule has 1 amide bonds. The molecule has 26 heavy (non-hydrogen) atoms. The third-order valence-electron chi connectivity index (χ3n) is 5.31. The van der Waals surface area contributed by atoms with E-state index in [0.717, 1.165) is 44.0 Å². The van der Waals surface area contributed by atoms with Crippen LogP contribution >= 0.6 is 11.6 Å². The minimum Gasteiger partial charge on any atom is -0.480 e. The second-order valence-corrected chi connectivity index (χ2v) is 7.53. The number of aryl methyl sites for hydroxylation is 1. The SMILES string of the molecule is Cc1ccccc1CN1CCN(C(=O)C2Cc3cc(Cl)ccc3O2)CC1. The molecule has 4 nitrogen and oxygen atoms in total. The summed E-state index contributed by atoms with van der Waals surface area (Å²) in [5, 5.41) is 0.685. The Hall–Kier alpha value is -2.04. The van der Waals surface area contributed by atoms with Gasteiger partial charge in [-0.3, -0.25) is 9.69 Å².